The van der Waals surface area contributed by atoms with E-state index in [9.17, 15) is 4.79 Å². The molecule has 5 heteroatoms. The van der Waals surface area contributed by atoms with Crippen LogP contribution in [0, 0.1) is 0 Å². The summed E-state index contributed by atoms with van der Waals surface area (Å²) in [4.78, 5) is 14.9. The highest BCUT2D eigenvalue weighted by molar-refractivity contribution is 5.93. The molecule has 0 bridgehead atoms. The molecule has 1 saturated heterocycles. The van der Waals surface area contributed by atoms with Crippen molar-refractivity contribution in [2.75, 3.05) is 13.1 Å². The topological polar surface area (TPSA) is 58.4 Å². The lowest BCUT2D eigenvalue weighted by Gasteiger charge is -2.32. The van der Waals surface area contributed by atoms with Gasteiger partial charge in [0.05, 0.1) is 0 Å². The van der Waals surface area contributed by atoms with Crippen molar-refractivity contribution < 1.29 is 9.32 Å². The van der Waals surface area contributed by atoms with Crippen LogP contribution in [0.4, 0.5) is 0 Å². The van der Waals surface area contributed by atoms with Crippen molar-refractivity contribution in [1.29, 1.82) is 0 Å². The van der Waals surface area contributed by atoms with Crippen molar-refractivity contribution in [2.24, 2.45) is 0 Å². The molecule has 1 N–H and O–H groups in total. The number of carbonyl (C=O) groups is 1. The zero-order valence-corrected chi connectivity index (χ0v) is 13.1. The SMILES string of the molecule is O=C(NC1CCN(C2CC2)CC1)c1cc(-c2ccccc2)on1. The summed E-state index contributed by atoms with van der Waals surface area (Å²) in [5.41, 5.74) is 1.28. The first-order valence-corrected chi connectivity index (χ1v) is 8.36. The lowest BCUT2D eigenvalue weighted by atomic mass is 10.0. The van der Waals surface area contributed by atoms with Crippen LogP contribution < -0.4 is 5.32 Å². The monoisotopic (exact) mass is 311 g/mol. The smallest absolute Gasteiger partial charge is 0.273 e. The number of benzene rings is 1. The van der Waals surface area contributed by atoms with E-state index in [2.05, 4.69) is 15.4 Å². The summed E-state index contributed by atoms with van der Waals surface area (Å²) in [5.74, 6) is 0.486. The maximum absolute atomic E-state index is 12.3. The molecule has 2 aromatic rings. The Kier molecular flexibility index (Phi) is 3.87. The van der Waals surface area contributed by atoms with Gasteiger partial charge in [0.25, 0.3) is 5.91 Å². The van der Waals surface area contributed by atoms with Gasteiger partial charge in [-0.2, -0.15) is 0 Å². The largest absolute Gasteiger partial charge is 0.355 e. The first-order valence-electron chi connectivity index (χ1n) is 8.36. The Balaban J connectivity index is 1.35. The van der Waals surface area contributed by atoms with Crippen LogP contribution in [0.2, 0.25) is 0 Å². The van der Waals surface area contributed by atoms with Crippen molar-refractivity contribution in [3.8, 4) is 11.3 Å². The summed E-state index contributed by atoms with van der Waals surface area (Å²) >= 11 is 0. The molecule has 2 aliphatic rings. The predicted molar refractivity (Wildman–Crippen MR) is 87.0 cm³/mol. The van der Waals surface area contributed by atoms with Gasteiger partial charge < -0.3 is 14.7 Å². The van der Waals surface area contributed by atoms with Crippen LogP contribution >= 0.6 is 0 Å². The molecule has 1 aromatic heterocycles. The number of amides is 1. The third kappa shape index (κ3) is 3.29. The molecule has 0 radical (unpaired) electrons. The molecule has 4 rings (SSSR count). The quantitative estimate of drug-likeness (QED) is 0.943. The van der Waals surface area contributed by atoms with Crippen LogP contribution in [-0.4, -0.2) is 41.1 Å². The van der Waals surface area contributed by atoms with Gasteiger partial charge in [-0.25, -0.2) is 0 Å². The van der Waals surface area contributed by atoms with Gasteiger partial charge in [-0.15, -0.1) is 0 Å². The van der Waals surface area contributed by atoms with Gasteiger partial charge in [0, 0.05) is 36.8 Å². The van der Waals surface area contributed by atoms with Gasteiger partial charge in [0.1, 0.15) is 0 Å². The zero-order valence-electron chi connectivity index (χ0n) is 13.1. The van der Waals surface area contributed by atoms with E-state index < -0.39 is 0 Å². The van der Waals surface area contributed by atoms with Crippen molar-refractivity contribution >= 4 is 5.91 Å². The lowest BCUT2D eigenvalue weighted by Crippen LogP contribution is -2.45. The second-order valence-electron chi connectivity index (χ2n) is 6.46. The molecule has 23 heavy (non-hydrogen) atoms. The Morgan fingerprint density at radius 3 is 2.57 bits per heavy atom. The summed E-state index contributed by atoms with van der Waals surface area (Å²) < 4.78 is 5.30. The highest BCUT2D eigenvalue weighted by Gasteiger charge is 2.32. The van der Waals surface area contributed by atoms with Gasteiger partial charge in [-0.05, 0) is 25.7 Å². The highest BCUT2D eigenvalue weighted by atomic mass is 16.5. The number of carbonyl (C=O) groups excluding carboxylic acids is 1. The second kappa shape index (κ2) is 6.16. The molecule has 1 aromatic carbocycles. The van der Waals surface area contributed by atoms with Crippen LogP contribution in [0.25, 0.3) is 11.3 Å². The number of nitrogens with one attached hydrogen (secondary N) is 1. The summed E-state index contributed by atoms with van der Waals surface area (Å²) in [5, 5.41) is 7.01. The Morgan fingerprint density at radius 2 is 1.87 bits per heavy atom. The van der Waals surface area contributed by atoms with E-state index in [0.29, 0.717) is 11.5 Å². The Labute approximate surface area is 135 Å². The van der Waals surface area contributed by atoms with Gasteiger partial charge in [0.2, 0.25) is 0 Å². The van der Waals surface area contributed by atoms with Gasteiger partial charge in [-0.3, -0.25) is 4.79 Å². The normalized spacial score (nSPS) is 19.7. The van der Waals surface area contributed by atoms with E-state index >= 15 is 0 Å². The van der Waals surface area contributed by atoms with Gasteiger partial charge >= 0.3 is 0 Å². The average molecular weight is 311 g/mol. The number of hydrogen-bond acceptors (Lipinski definition) is 4. The predicted octanol–water partition coefficient (Wildman–Crippen LogP) is 2.70. The van der Waals surface area contributed by atoms with Crippen LogP contribution in [0.1, 0.15) is 36.2 Å². The summed E-state index contributed by atoms with van der Waals surface area (Å²) in [7, 11) is 0. The highest BCUT2D eigenvalue weighted by Crippen LogP contribution is 2.29. The molecule has 1 aliphatic carbocycles. The molecule has 2 fully saturated rings. The van der Waals surface area contributed by atoms with E-state index in [1.54, 1.807) is 6.07 Å². The number of likely N-dealkylation sites (tertiary alicyclic amines) is 1. The summed E-state index contributed by atoms with van der Waals surface area (Å²) in [6.45, 7) is 2.17. The van der Waals surface area contributed by atoms with E-state index in [4.69, 9.17) is 4.52 Å². The molecule has 120 valence electrons. The molecule has 5 nitrogen and oxygen atoms in total. The minimum atomic E-state index is -0.138. The van der Waals surface area contributed by atoms with Crippen molar-refractivity contribution in [3.05, 3.63) is 42.1 Å². The molecule has 1 aliphatic heterocycles. The number of nitrogens with zero attached hydrogens (tertiary/aromatic N) is 2. The van der Waals surface area contributed by atoms with Crippen molar-refractivity contribution in [2.45, 2.75) is 37.8 Å². The van der Waals surface area contributed by atoms with Gasteiger partial charge in [-0.1, -0.05) is 35.5 Å². The van der Waals surface area contributed by atoms with E-state index in [1.165, 1.54) is 12.8 Å². The third-order valence-electron chi connectivity index (χ3n) is 4.73. The molecular weight excluding hydrogens is 290 g/mol. The van der Waals surface area contributed by atoms with Gasteiger partial charge in [0.15, 0.2) is 11.5 Å². The third-order valence-corrected chi connectivity index (χ3v) is 4.73. The lowest BCUT2D eigenvalue weighted by molar-refractivity contribution is 0.0900. The molecular formula is C18H21N3O2. The van der Waals surface area contributed by atoms with Crippen LogP contribution in [-0.2, 0) is 0 Å². The number of rotatable bonds is 4. The van der Waals surface area contributed by atoms with E-state index in [0.717, 1.165) is 37.5 Å². The van der Waals surface area contributed by atoms with E-state index in [-0.39, 0.29) is 11.9 Å². The first-order chi connectivity index (χ1) is 11.3. The summed E-state index contributed by atoms with van der Waals surface area (Å²) in [6, 6.07) is 12.5. The Bertz CT molecular complexity index is 671. The second-order valence-corrected chi connectivity index (χ2v) is 6.46. The summed E-state index contributed by atoms with van der Waals surface area (Å²) in [6.07, 6.45) is 4.73. The standard InChI is InChI=1S/C18H21N3O2/c22-18(19-14-8-10-21(11-9-14)15-6-7-15)16-12-17(23-20-16)13-4-2-1-3-5-13/h1-5,12,14-15H,6-11H2,(H,19,22). The molecule has 1 amide bonds. The fraction of sp³-hybridized carbons (Fsp3) is 0.444. The molecule has 1 saturated carbocycles. The number of piperidine rings is 1. The maximum Gasteiger partial charge on any atom is 0.273 e. The van der Waals surface area contributed by atoms with Crippen LogP contribution in [0.15, 0.2) is 40.9 Å². The van der Waals surface area contributed by atoms with E-state index in [1.807, 2.05) is 30.3 Å². The minimum Gasteiger partial charge on any atom is -0.355 e. The first kappa shape index (κ1) is 14.5. The van der Waals surface area contributed by atoms with Crippen molar-refractivity contribution in [3.63, 3.8) is 0 Å². The van der Waals surface area contributed by atoms with Crippen molar-refractivity contribution in [1.82, 2.24) is 15.4 Å². The Hall–Kier alpha value is -2.14. The molecule has 2 heterocycles. The fourth-order valence-corrected chi connectivity index (χ4v) is 3.23. The molecule has 0 atom stereocenters. The molecule has 0 spiro atoms. The number of aromatic nitrogens is 1. The Morgan fingerprint density at radius 1 is 1.13 bits per heavy atom. The average Bonchev–Trinajstić information content (AvgIpc) is 3.32. The fourth-order valence-electron chi connectivity index (χ4n) is 3.23. The molecule has 0 unspecified atom stereocenters. The zero-order chi connectivity index (χ0) is 15.6. The van der Waals surface area contributed by atoms with Crippen LogP contribution in [0.3, 0.4) is 0 Å². The number of hydrogen-bond donors (Lipinski definition) is 1. The minimum absolute atomic E-state index is 0.138. The maximum atomic E-state index is 12.3. The van der Waals surface area contributed by atoms with Crippen LogP contribution in [0.5, 0.6) is 0 Å².